The molecule has 0 aromatic rings. The van der Waals surface area contributed by atoms with Crippen molar-refractivity contribution in [2.24, 2.45) is 11.8 Å². The van der Waals surface area contributed by atoms with Crippen LogP contribution in [0.4, 0.5) is 0 Å². The summed E-state index contributed by atoms with van der Waals surface area (Å²) in [4.78, 5) is 0. The van der Waals surface area contributed by atoms with Crippen LogP contribution < -0.4 is 0 Å². The van der Waals surface area contributed by atoms with Gasteiger partial charge in [0.2, 0.25) is 0 Å². The van der Waals surface area contributed by atoms with Gasteiger partial charge in [-0.2, -0.15) is 0 Å². The van der Waals surface area contributed by atoms with E-state index in [1.54, 1.807) is 0 Å². The van der Waals surface area contributed by atoms with Gasteiger partial charge in [0.1, 0.15) is 12.2 Å². The fraction of sp³-hybridized carbons (Fsp3) is 1.00. The van der Waals surface area contributed by atoms with Crippen LogP contribution in [0.25, 0.3) is 0 Å². The van der Waals surface area contributed by atoms with Crippen LogP contribution in [0.2, 0.25) is 0 Å². The first-order valence-corrected chi connectivity index (χ1v) is 5.69. The van der Waals surface area contributed by atoms with E-state index < -0.39 is 0 Å². The van der Waals surface area contributed by atoms with Crippen molar-refractivity contribution < 1.29 is 19.3 Å². The van der Waals surface area contributed by atoms with Crippen LogP contribution in [0.15, 0.2) is 0 Å². The van der Waals surface area contributed by atoms with E-state index in [0.717, 1.165) is 6.61 Å². The predicted octanol–water partition coefficient (Wildman–Crippen LogP) is 0.434. The molecule has 0 aliphatic carbocycles. The monoisotopic (exact) mass is 216 g/mol. The summed E-state index contributed by atoms with van der Waals surface area (Å²) in [7, 11) is 0. The zero-order valence-corrected chi connectivity index (χ0v) is 9.39. The zero-order chi connectivity index (χ0) is 10.8. The standard InChI is InChI=1S/C11H20O4/c1-7(2)8-5-14-11-9(13-4-3-12)6-15-10(8)11/h7-12H,3-6H2,1-2H3/t8-,9-,10+,11+/m0/s1. The molecule has 2 rings (SSSR count). The molecule has 4 heteroatoms. The highest BCUT2D eigenvalue weighted by Crippen LogP contribution is 2.36. The SMILES string of the molecule is CC(C)[C@@H]1CO[C@H]2[C@@H]1OC[C@@H]2OCCO. The van der Waals surface area contributed by atoms with Crippen molar-refractivity contribution in [1.29, 1.82) is 0 Å². The van der Waals surface area contributed by atoms with Crippen molar-refractivity contribution in [2.45, 2.75) is 32.2 Å². The van der Waals surface area contributed by atoms with E-state index in [4.69, 9.17) is 19.3 Å². The lowest BCUT2D eigenvalue weighted by atomic mass is 9.90. The van der Waals surface area contributed by atoms with Gasteiger partial charge in [0.25, 0.3) is 0 Å². The van der Waals surface area contributed by atoms with E-state index in [9.17, 15) is 0 Å². The minimum absolute atomic E-state index is 0.00546. The van der Waals surface area contributed by atoms with E-state index in [1.165, 1.54) is 0 Å². The third kappa shape index (κ3) is 2.18. The molecule has 0 spiro atoms. The molecule has 15 heavy (non-hydrogen) atoms. The summed E-state index contributed by atoms with van der Waals surface area (Å²) in [5.41, 5.74) is 0. The highest BCUT2D eigenvalue weighted by molar-refractivity contribution is 4.95. The summed E-state index contributed by atoms with van der Waals surface area (Å²) in [6.07, 6.45) is 0.267. The number of hydrogen-bond acceptors (Lipinski definition) is 4. The summed E-state index contributed by atoms with van der Waals surface area (Å²) in [5, 5.41) is 8.70. The molecule has 2 aliphatic heterocycles. The first kappa shape index (κ1) is 11.3. The fourth-order valence-corrected chi connectivity index (χ4v) is 2.41. The number of aliphatic hydroxyl groups excluding tert-OH is 1. The average Bonchev–Trinajstić information content (AvgIpc) is 2.74. The lowest BCUT2D eigenvalue weighted by Gasteiger charge is -2.19. The molecule has 2 heterocycles. The van der Waals surface area contributed by atoms with Crippen LogP contribution >= 0.6 is 0 Å². The lowest BCUT2D eigenvalue weighted by molar-refractivity contribution is -0.0426. The molecular formula is C11H20O4. The largest absolute Gasteiger partial charge is 0.394 e. The Hall–Kier alpha value is -0.160. The summed E-state index contributed by atoms with van der Waals surface area (Å²) in [6.45, 7) is 6.18. The molecule has 0 radical (unpaired) electrons. The van der Waals surface area contributed by atoms with Crippen LogP contribution in [0.1, 0.15) is 13.8 Å². The maximum atomic E-state index is 8.70. The van der Waals surface area contributed by atoms with Crippen LogP contribution in [-0.2, 0) is 14.2 Å². The minimum Gasteiger partial charge on any atom is -0.394 e. The Kier molecular flexibility index (Phi) is 3.61. The number of rotatable bonds is 4. The quantitative estimate of drug-likeness (QED) is 0.740. The van der Waals surface area contributed by atoms with Gasteiger partial charge >= 0.3 is 0 Å². The van der Waals surface area contributed by atoms with Gasteiger partial charge in [-0.3, -0.25) is 0 Å². The van der Waals surface area contributed by atoms with E-state index in [2.05, 4.69) is 13.8 Å². The molecule has 2 saturated heterocycles. The highest BCUT2D eigenvalue weighted by atomic mass is 16.6. The maximum Gasteiger partial charge on any atom is 0.112 e. The third-order valence-corrected chi connectivity index (χ3v) is 3.33. The Balaban J connectivity index is 1.90. The van der Waals surface area contributed by atoms with Crippen LogP contribution in [0.5, 0.6) is 0 Å². The molecule has 0 aromatic carbocycles. The van der Waals surface area contributed by atoms with Crippen molar-refractivity contribution in [3.63, 3.8) is 0 Å². The number of aliphatic hydroxyl groups is 1. The summed E-state index contributed by atoms with van der Waals surface area (Å²) < 4.78 is 17.0. The number of fused-ring (bicyclic) bond motifs is 1. The van der Waals surface area contributed by atoms with Crippen LogP contribution in [0, 0.1) is 11.8 Å². The molecule has 88 valence electrons. The van der Waals surface area contributed by atoms with Gasteiger partial charge in [-0.05, 0) is 5.92 Å². The normalized spacial score (nSPS) is 40.0. The molecule has 2 aliphatic rings. The second-order valence-corrected chi connectivity index (χ2v) is 4.64. The Labute approximate surface area is 90.5 Å². The van der Waals surface area contributed by atoms with E-state index in [1.807, 2.05) is 0 Å². The van der Waals surface area contributed by atoms with E-state index in [-0.39, 0.29) is 24.9 Å². The Morgan fingerprint density at radius 1 is 1.27 bits per heavy atom. The van der Waals surface area contributed by atoms with E-state index in [0.29, 0.717) is 25.0 Å². The van der Waals surface area contributed by atoms with Gasteiger partial charge in [-0.1, -0.05) is 13.8 Å². The Morgan fingerprint density at radius 3 is 2.67 bits per heavy atom. The summed E-state index contributed by atoms with van der Waals surface area (Å²) >= 11 is 0. The van der Waals surface area contributed by atoms with Crippen molar-refractivity contribution in [3.05, 3.63) is 0 Å². The van der Waals surface area contributed by atoms with Crippen molar-refractivity contribution in [2.75, 3.05) is 26.4 Å². The predicted molar refractivity (Wildman–Crippen MR) is 54.6 cm³/mol. The Morgan fingerprint density at radius 2 is 2.00 bits per heavy atom. The van der Waals surface area contributed by atoms with Gasteiger partial charge < -0.3 is 19.3 Å². The molecule has 0 unspecified atom stereocenters. The zero-order valence-electron chi connectivity index (χ0n) is 9.39. The smallest absolute Gasteiger partial charge is 0.112 e. The van der Waals surface area contributed by atoms with Crippen molar-refractivity contribution in [3.8, 4) is 0 Å². The van der Waals surface area contributed by atoms with Gasteiger partial charge in [-0.25, -0.2) is 0 Å². The molecule has 0 amide bonds. The Bertz CT molecular complexity index is 207. The minimum atomic E-state index is 0.00546. The first-order chi connectivity index (χ1) is 7.24. The number of hydrogen-bond donors (Lipinski definition) is 1. The van der Waals surface area contributed by atoms with E-state index >= 15 is 0 Å². The number of ether oxygens (including phenoxy) is 3. The molecule has 0 saturated carbocycles. The maximum absolute atomic E-state index is 8.70. The van der Waals surface area contributed by atoms with Gasteiger partial charge in [0, 0.05) is 5.92 Å². The highest BCUT2D eigenvalue weighted by Gasteiger charge is 2.48. The second-order valence-electron chi connectivity index (χ2n) is 4.64. The molecular weight excluding hydrogens is 196 g/mol. The van der Waals surface area contributed by atoms with Gasteiger partial charge in [0.05, 0.1) is 32.5 Å². The van der Waals surface area contributed by atoms with Crippen molar-refractivity contribution >= 4 is 0 Å². The fourth-order valence-electron chi connectivity index (χ4n) is 2.41. The molecule has 2 fully saturated rings. The molecule has 0 aromatic heterocycles. The third-order valence-electron chi connectivity index (χ3n) is 3.33. The first-order valence-electron chi connectivity index (χ1n) is 5.69. The summed E-state index contributed by atoms with van der Waals surface area (Å²) in [5.74, 6) is 1.06. The van der Waals surface area contributed by atoms with Crippen molar-refractivity contribution in [1.82, 2.24) is 0 Å². The van der Waals surface area contributed by atoms with Gasteiger partial charge in [0.15, 0.2) is 0 Å². The molecule has 4 atom stereocenters. The second kappa shape index (κ2) is 4.78. The molecule has 4 nitrogen and oxygen atoms in total. The van der Waals surface area contributed by atoms with Gasteiger partial charge in [-0.15, -0.1) is 0 Å². The molecule has 0 bridgehead atoms. The van der Waals surface area contributed by atoms with Crippen LogP contribution in [0.3, 0.4) is 0 Å². The lowest BCUT2D eigenvalue weighted by Crippen LogP contribution is -2.33. The van der Waals surface area contributed by atoms with Crippen LogP contribution in [-0.4, -0.2) is 49.8 Å². The average molecular weight is 216 g/mol. The molecule has 1 N–H and O–H groups in total. The summed E-state index contributed by atoms with van der Waals surface area (Å²) in [6, 6.07) is 0. The topological polar surface area (TPSA) is 47.9 Å².